The van der Waals surface area contributed by atoms with Crippen LogP contribution in [0.5, 0.6) is 5.88 Å². The number of carbonyl (C=O) groups excluding carboxylic acids is 1. The number of hydrogen-bond acceptors (Lipinski definition) is 7. The van der Waals surface area contributed by atoms with Gasteiger partial charge in [-0.1, -0.05) is 13.8 Å². The molecule has 2 aromatic heterocycles. The van der Waals surface area contributed by atoms with Gasteiger partial charge in [0.15, 0.2) is 5.03 Å². The van der Waals surface area contributed by atoms with Crippen molar-refractivity contribution < 1.29 is 31.1 Å². The van der Waals surface area contributed by atoms with E-state index in [0.29, 0.717) is 18.9 Å². The summed E-state index contributed by atoms with van der Waals surface area (Å²) in [6.07, 6.45) is 5.66. The van der Waals surface area contributed by atoms with Crippen LogP contribution in [-0.4, -0.2) is 46.7 Å². The van der Waals surface area contributed by atoms with Gasteiger partial charge in [-0.25, -0.2) is 9.40 Å². The molecule has 3 heterocycles. The van der Waals surface area contributed by atoms with Crippen molar-refractivity contribution in [2.45, 2.75) is 83.0 Å². The maximum atomic E-state index is 13.3. The third kappa shape index (κ3) is 6.52. The summed E-state index contributed by atoms with van der Waals surface area (Å²) in [5, 5.41) is 8.17. The molecule has 5 rings (SSSR count). The Hall–Kier alpha value is -3.29. The Labute approximate surface area is 243 Å². The van der Waals surface area contributed by atoms with Gasteiger partial charge >= 0.3 is 6.18 Å². The lowest BCUT2D eigenvalue weighted by atomic mass is 9.78. The fourth-order valence-corrected chi connectivity index (χ4v) is 7.10. The second-order valence-corrected chi connectivity index (χ2v) is 14.1. The van der Waals surface area contributed by atoms with Gasteiger partial charge in [0, 0.05) is 30.6 Å². The number of sulfonamides is 1. The molecular weight excluding hydrogens is 573 g/mol. The van der Waals surface area contributed by atoms with Gasteiger partial charge in [-0.2, -0.15) is 26.7 Å². The lowest BCUT2D eigenvalue weighted by Crippen LogP contribution is -2.33. The predicted molar refractivity (Wildman–Crippen MR) is 148 cm³/mol. The minimum absolute atomic E-state index is 0.0189. The van der Waals surface area contributed by atoms with Crippen molar-refractivity contribution in [2.75, 3.05) is 6.61 Å². The smallest absolute Gasteiger partial charge is 0.394 e. The maximum Gasteiger partial charge on any atom is 0.394 e. The van der Waals surface area contributed by atoms with Crippen molar-refractivity contribution in [3.05, 3.63) is 42.3 Å². The van der Waals surface area contributed by atoms with Crippen LogP contribution in [0.2, 0.25) is 0 Å². The van der Waals surface area contributed by atoms with Crippen LogP contribution in [0.25, 0.3) is 5.82 Å². The molecule has 42 heavy (non-hydrogen) atoms. The third-order valence-electron chi connectivity index (χ3n) is 8.97. The van der Waals surface area contributed by atoms with Crippen molar-refractivity contribution in [1.82, 2.24) is 24.3 Å². The van der Waals surface area contributed by atoms with Crippen LogP contribution in [0.4, 0.5) is 13.2 Å². The zero-order chi connectivity index (χ0) is 30.3. The monoisotopic (exact) mass is 610 g/mol. The third-order valence-corrected chi connectivity index (χ3v) is 10.2. The highest BCUT2D eigenvalue weighted by molar-refractivity contribution is 7.90. The molecule has 1 aliphatic heterocycles. The van der Waals surface area contributed by atoms with Crippen molar-refractivity contribution in [1.29, 1.82) is 0 Å². The standard InChI is InChI=1S/C28H37F3N6O4S/c1-26(2)18-19-6-12-36-13-8-24(34-36)42(39,40)35-25(38)20(17-21(26)16-19)4-5-22(32)37-14-7-23(33-37)41-15-3-9-27(10-11-27)28(29,30)31/h4-5,7-8,13-14,19,21H,3,6,9-12,15-18,32H2,1-2H3,(H,35,38)/b20-4+,22-5+/t19-,21?/m0/s1. The summed E-state index contributed by atoms with van der Waals surface area (Å²) in [5.74, 6) is 0.184. The van der Waals surface area contributed by atoms with Crippen LogP contribution in [0.15, 0.2) is 47.3 Å². The fraction of sp³-hybridized carbons (Fsp3) is 0.607. The molecule has 0 radical (unpaired) electrons. The molecule has 3 aliphatic rings. The minimum atomic E-state index is -4.19. The molecule has 10 nitrogen and oxygen atoms in total. The van der Waals surface area contributed by atoms with Gasteiger partial charge in [0.25, 0.3) is 15.9 Å². The summed E-state index contributed by atoms with van der Waals surface area (Å²) in [7, 11) is -4.17. The average Bonchev–Trinajstić information content (AvgIpc) is 3.22. The van der Waals surface area contributed by atoms with Crippen LogP contribution < -0.4 is 15.2 Å². The van der Waals surface area contributed by atoms with E-state index in [1.165, 1.54) is 29.1 Å². The Bertz CT molecular complexity index is 1490. The van der Waals surface area contributed by atoms with E-state index >= 15 is 0 Å². The molecule has 2 atom stereocenters. The molecule has 0 saturated heterocycles. The number of allylic oxidation sites excluding steroid dienone is 2. The van der Waals surface area contributed by atoms with Gasteiger partial charge in [-0.3, -0.25) is 9.48 Å². The molecule has 0 spiro atoms. The number of hydrogen-bond donors (Lipinski definition) is 2. The number of amides is 1. The average molecular weight is 611 g/mol. The first-order valence-electron chi connectivity index (χ1n) is 14.2. The van der Waals surface area contributed by atoms with Crippen LogP contribution in [-0.2, 0) is 21.4 Å². The van der Waals surface area contributed by atoms with E-state index in [9.17, 15) is 26.4 Å². The minimum Gasteiger partial charge on any atom is -0.477 e. The molecule has 2 saturated carbocycles. The number of nitrogens with one attached hydrogen (secondary N) is 1. The van der Waals surface area contributed by atoms with Crippen molar-refractivity contribution in [2.24, 2.45) is 28.4 Å². The Morgan fingerprint density at radius 3 is 2.71 bits per heavy atom. The second-order valence-electron chi connectivity index (χ2n) is 12.4. The van der Waals surface area contributed by atoms with Crippen LogP contribution in [0.3, 0.4) is 0 Å². The lowest BCUT2D eigenvalue weighted by Gasteiger charge is -2.27. The van der Waals surface area contributed by atoms with Crippen molar-refractivity contribution in [3.63, 3.8) is 0 Å². The van der Waals surface area contributed by atoms with Crippen LogP contribution in [0, 0.1) is 22.7 Å². The number of nitrogens with zero attached hydrogens (tertiary/aromatic N) is 4. The van der Waals surface area contributed by atoms with E-state index in [4.69, 9.17) is 10.5 Å². The Kier molecular flexibility index (Phi) is 7.96. The van der Waals surface area contributed by atoms with Gasteiger partial charge < -0.3 is 10.5 Å². The SMILES string of the molecule is CC1(C)C[C@H]2CCn3ccc(n3)S(=O)(=O)NC(=O)/C(=C/C=C(\N)n3ccc(OCCCC4(C(F)(F)F)CC4)n3)CC1C2. The van der Waals surface area contributed by atoms with Gasteiger partial charge in [0.1, 0.15) is 5.82 Å². The normalized spacial score (nSPS) is 26.2. The highest BCUT2D eigenvalue weighted by Crippen LogP contribution is 2.60. The molecule has 2 aliphatic carbocycles. The number of carbonyl (C=O) groups is 1. The highest BCUT2D eigenvalue weighted by atomic mass is 32.2. The van der Waals surface area contributed by atoms with Crippen molar-refractivity contribution in [3.8, 4) is 5.88 Å². The lowest BCUT2D eigenvalue weighted by molar-refractivity contribution is -0.189. The maximum absolute atomic E-state index is 13.3. The van der Waals surface area contributed by atoms with Gasteiger partial charge in [-0.05, 0) is 86.8 Å². The second kappa shape index (κ2) is 11.1. The first-order chi connectivity index (χ1) is 19.7. The number of aromatic nitrogens is 4. The summed E-state index contributed by atoms with van der Waals surface area (Å²) in [4.78, 5) is 13.3. The zero-order valence-corrected chi connectivity index (χ0v) is 24.5. The van der Waals surface area contributed by atoms with Crippen LogP contribution >= 0.6 is 0 Å². The molecule has 1 amide bonds. The molecule has 2 fully saturated rings. The number of ether oxygens (including phenoxy) is 1. The predicted octanol–water partition coefficient (Wildman–Crippen LogP) is 4.62. The first kappa shape index (κ1) is 30.2. The van der Waals surface area contributed by atoms with Crippen molar-refractivity contribution >= 4 is 21.8 Å². The van der Waals surface area contributed by atoms with Gasteiger partial charge in [0.2, 0.25) is 5.88 Å². The van der Waals surface area contributed by atoms with E-state index in [1.807, 2.05) is 0 Å². The Morgan fingerprint density at radius 2 is 2.00 bits per heavy atom. The van der Waals surface area contributed by atoms with E-state index in [-0.39, 0.29) is 65.9 Å². The van der Waals surface area contributed by atoms with Gasteiger partial charge in [-0.15, -0.1) is 5.10 Å². The summed E-state index contributed by atoms with van der Waals surface area (Å²) in [6, 6.07) is 2.92. The first-order valence-corrected chi connectivity index (χ1v) is 15.7. The Balaban J connectivity index is 1.30. The molecule has 14 heteroatoms. The van der Waals surface area contributed by atoms with E-state index in [0.717, 1.165) is 19.3 Å². The molecular formula is C28H37F3N6O4S. The van der Waals surface area contributed by atoms with Gasteiger partial charge in [0.05, 0.1) is 12.0 Å². The molecule has 230 valence electrons. The van der Waals surface area contributed by atoms with E-state index in [2.05, 4.69) is 28.8 Å². The largest absolute Gasteiger partial charge is 0.477 e. The summed E-state index contributed by atoms with van der Waals surface area (Å²) < 4.78 is 75.7. The fourth-order valence-electron chi connectivity index (χ4n) is 6.17. The summed E-state index contributed by atoms with van der Waals surface area (Å²) >= 11 is 0. The number of rotatable bonds is 7. The highest BCUT2D eigenvalue weighted by Gasteiger charge is 2.62. The molecule has 1 unspecified atom stereocenters. The summed E-state index contributed by atoms with van der Waals surface area (Å²) in [6.45, 7) is 5.03. The van der Waals surface area contributed by atoms with E-state index in [1.54, 1.807) is 16.9 Å². The number of nitrogens with two attached hydrogens (primary N) is 1. The zero-order valence-electron chi connectivity index (χ0n) is 23.7. The van der Waals surface area contributed by atoms with Crippen LogP contribution in [0.1, 0.15) is 65.2 Å². The number of alkyl halides is 3. The Morgan fingerprint density at radius 1 is 1.24 bits per heavy atom. The number of aryl methyl sites for hydroxylation is 1. The molecule has 3 N–H and O–H groups in total. The number of halogens is 3. The molecule has 4 bridgehead atoms. The number of fused-ring (bicyclic) bond motifs is 4. The topological polar surface area (TPSA) is 134 Å². The molecule has 2 aromatic rings. The quantitative estimate of drug-likeness (QED) is 0.345. The molecule has 0 aromatic carbocycles. The summed E-state index contributed by atoms with van der Waals surface area (Å²) in [5.41, 5.74) is 4.86. The van der Waals surface area contributed by atoms with E-state index < -0.39 is 27.5 Å².